The molecule has 1 N–H and O–H groups in total. The van der Waals surface area contributed by atoms with E-state index in [1.54, 1.807) is 4.52 Å². The second-order valence-corrected chi connectivity index (χ2v) is 7.69. The zero-order valence-corrected chi connectivity index (χ0v) is 15.6. The Morgan fingerprint density at radius 1 is 1.15 bits per heavy atom. The van der Waals surface area contributed by atoms with E-state index in [1.165, 1.54) is 24.6 Å². The molecule has 1 aromatic carbocycles. The Bertz CT molecular complexity index is 921. The van der Waals surface area contributed by atoms with Crippen molar-refractivity contribution >= 4 is 34.9 Å². The quantitative estimate of drug-likeness (QED) is 0.677. The molecule has 0 atom stereocenters. The summed E-state index contributed by atoms with van der Waals surface area (Å²) in [6.07, 6.45) is 4.56. The molecular weight excluding hydrogens is 370 g/mol. The Hall–Kier alpha value is -2.12. The van der Waals surface area contributed by atoms with E-state index >= 15 is 0 Å². The van der Waals surface area contributed by atoms with Crippen LogP contribution in [-0.4, -0.2) is 37.5 Å². The third kappa shape index (κ3) is 3.83. The minimum absolute atomic E-state index is 0.0347. The molecule has 26 heavy (non-hydrogen) atoms. The molecular formula is C18H18ClN5OS. The van der Waals surface area contributed by atoms with E-state index in [9.17, 15) is 4.79 Å². The van der Waals surface area contributed by atoms with Gasteiger partial charge in [0, 0.05) is 16.6 Å². The molecule has 0 aliphatic heterocycles. The van der Waals surface area contributed by atoms with Crippen molar-refractivity contribution in [3.8, 4) is 11.3 Å². The molecule has 0 spiro atoms. The van der Waals surface area contributed by atoms with Gasteiger partial charge in [0.25, 0.3) is 0 Å². The number of nitrogens with one attached hydrogen (secondary N) is 1. The largest absolute Gasteiger partial charge is 0.353 e. The van der Waals surface area contributed by atoms with E-state index in [2.05, 4.69) is 20.6 Å². The van der Waals surface area contributed by atoms with Gasteiger partial charge in [0.2, 0.25) is 11.1 Å². The highest BCUT2D eigenvalue weighted by molar-refractivity contribution is 7.99. The zero-order chi connectivity index (χ0) is 17.9. The molecule has 0 radical (unpaired) electrons. The van der Waals surface area contributed by atoms with Gasteiger partial charge in [-0.15, -0.1) is 10.2 Å². The topological polar surface area (TPSA) is 72.2 Å². The van der Waals surface area contributed by atoms with Crippen LogP contribution in [0.4, 0.5) is 0 Å². The molecule has 0 bridgehead atoms. The molecule has 1 fully saturated rings. The smallest absolute Gasteiger partial charge is 0.230 e. The number of amides is 1. The summed E-state index contributed by atoms with van der Waals surface area (Å²) in [7, 11) is 0. The number of halogens is 1. The summed E-state index contributed by atoms with van der Waals surface area (Å²) in [5.41, 5.74) is 2.41. The van der Waals surface area contributed by atoms with Gasteiger partial charge in [0.05, 0.1) is 11.4 Å². The molecule has 4 rings (SSSR count). The number of thioether (sulfide) groups is 1. The summed E-state index contributed by atoms with van der Waals surface area (Å²) < 4.78 is 1.68. The zero-order valence-electron chi connectivity index (χ0n) is 14.1. The van der Waals surface area contributed by atoms with Crippen LogP contribution in [0.2, 0.25) is 5.02 Å². The average Bonchev–Trinajstić information content (AvgIpc) is 3.30. The van der Waals surface area contributed by atoms with Crippen molar-refractivity contribution in [3.63, 3.8) is 0 Å². The van der Waals surface area contributed by atoms with Crippen molar-refractivity contribution in [2.75, 3.05) is 5.75 Å². The Labute approximate surface area is 160 Å². The predicted octanol–water partition coefficient (Wildman–Crippen LogP) is 3.60. The van der Waals surface area contributed by atoms with Crippen LogP contribution in [0, 0.1) is 0 Å². The lowest BCUT2D eigenvalue weighted by Crippen LogP contribution is -2.33. The summed E-state index contributed by atoms with van der Waals surface area (Å²) in [5.74, 6) is 0.344. The van der Waals surface area contributed by atoms with Crippen molar-refractivity contribution in [1.82, 2.24) is 25.1 Å². The number of rotatable bonds is 5. The molecule has 1 saturated carbocycles. The van der Waals surface area contributed by atoms with Gasteiger partial charge in [-0.25, -0.2) is 0 Å². The molecule has 0 unspecified atom stereocenters. The van der Waals surface area contributed by atoms with Gasteiger partial charge < -0.3 is 5.32 Å². The van der Waals surface area contributed by atoms with Crippen molar-refractivity contribution < 1.29 is 4.79 Å². The van der Waals surface area contributed by atoms with Crippen LogP contribution in [0.1, 0.15) is 25.7 Å². The highest BCUT2D eigenvalue weighted by Crippen LogP contribution is 2.22. The van der Waals surface area contributed by atoms with Crippen molar-refractivity contribution in [1.29, 1.82) is 0 Å². The van der Waals surface area contributed by atoms with Crippen molar-refractivity contribution in [2.24, 2.45) is 0 Å². The highest BCUT2D eigenvalue weighted by atomic mass is 35.5. The average molecular weight is 388 g/mol. The van der Waals surface area contributed by atoms with E-state index in [-0.39, 0.29) is 5.91 Å². The SMILES string of the molecule is O=C(CSc1nnc2ccc(-c3ccc(Cl)cc3)nn12)NC1CCCC1. The van der Waals surface area contributed by atoms with E-state index in [1.807, 2.05) is 36.4 Å². The summed E-state index contributed by atoms with van der Waals surface area (Å²) in [6.45, 7) is 0. The number of hydrogen-bond donors (Lipinski definition) is 1. The maximum atomic E-state index is 12.1. The second kappa shape index (κ2) is 7.63. The summed E-state index contributed by atoms with van der Waals surface area (Å²) >= 11 is 7.29. The molecule has 2 aromatic heterocycles. The Morgan fingerprint density at radius 2 is 1.92 bits per heavy atom. The van der Waals surface area contributed by atoms with Crippen LogP contribution < -0.4 is 5.32 Å². The maximum Gasteiger partial charge on any atom is 0.230 e. The molecule has 3 aromatic rings. The molecule has 6 nitrogen and oxygen atoms in total. The predicted molar refractivity (Wildman–Crippen MR) is 102 cm³/mol. The van der Waals surface area contributed by atoms with E-state index in [0.29, 0.717) is 27.6 Å². The number of carbonyl (C=O) groups excluding carboxylic acids is 1. The molecule has 2 heterocycles. The summed E-state index contributed by atoms with van der Waals surface area (Å²) in [6, 6.07) is 11.6. The van der Waals surface area contributed by atoms with Crippen LogP contribution in [0.15, 0.2) is 41.6 Å². The van der Waals surface area contributed by atoms with Gasteiger partial charge in [-0.2, -0.15) is 9.61 Å². The number of hydrogen-bond acceptors (Lipinski definition) is 5. The van der Waals surface area contributed by atoms with Gasteiger partial charge in [-0.1, -0.05) is 48.3 Å². The highest BCUT2D eigenvalue weighted by Gasteiger charge is 2.18. The standard InChI is InChI=1S/C18H18ClN5OS/c19-13-7-5-12(6-8-13)15-9-10-16-21-22-18(24(16)23-15)26-11-17(25)20-14-3-1-2-4-14/h5-10,14H,1-4,11H2,(H,20,25). The minimum atomic E-state index is 0.0347. The normalized spacial score (nSPS) is 14.8. The van der Waals surface area contributed by atoms with E-state index in [0.717, 1.165) is 24.1 Å². The van der Waals surface area contributed by atoms with Crippen molar-refractivity contribution in [2.45, 2.75) is 36.9 Å². The minimum Gasteiger partial charge on any atom is -0.353 e. The summed E-state index contributed by atoms with van der Waals surface area (Å²) in [4.78, 5) is 12.1. The van der Waals surface area contributed by atoms with Gasteiger partial charge >= 0.3 is 0 Å². The fourth-order valence-corrected chi connectivity index (χ4v) is 3.93. The first-order valence-electron chi connectivity index (χ1n) is 8.59. The van der Waals surface area contributed by atoms with Gasteiger partial charge in [-0.05, 0) is 37.1 Å². The third-order valence-corrected chi connectivity index (χ3v) is 5.60. The summed E-state index contributed by atoms with van der Waals surface area (Å²) in [5, 5.41) is 17.3. The third-order valence-electron chi connectivity index (χ3n) is 4.43. The maximum absolute atomic E-state index is 12.1. The lowest BCUT2D eigenvalue weighted by atomic mass is 10.1. The van der Waals surface area contributed by atoms with Gasteiger partial charge in [0.1, 0.15) is 0 Å². The lowest BCUT2D eigenvalue weighted by molar-refractivity contribution is -0.119. The molecule has 1 amide bonds. The Kier molecular flexibility index (Phi) is 5.08. The monoisotopic (exact) mass is 387 g/mol. The van der Waals surface area contributed by atoms with Crippen LogP contribution >= 0.6 is 23.4 Å². The Balaban J connectivity index is 1.49. The van der Waals surface area contributed by atoms with Crippen LogP contribution in [-0.2, 0) is 4.79 Å². The number of fused-ring (bicyclic) bond motifs is 1. The fourth-order valence-electron chi connectivity index (χ4n) is 3.10. The van der Waals surface area contributed by atoms with Crippen molar-refractivity contribution in [3.05, 3.63) is 41.4 Å². The van der Waals surface area contributed by atoms with Crippen LogP contribution in [0.25, 0.3) is 16.9 Å². The molecule has 134 valence electrons. The second-order valence-electron chi connectivity index (χ2n) is 6.32. The lowest BCUT2D eigenvalue weighted by Gasteiger charge is -2.11. The van der Waals surface area contributed by atoms with Crippen LogP contribution in [0.5, 0.6) is 0 Å². The molecule has 1 aliphatic rings. The number of aromatic nitrogens is 4. The van der Waals surface area contributed by atoms with Gasteiger partial charge in [0.15, 0.2) is 5.65 Å². The number of carbonyl (C=O) groups is 1. The van der Waals surface area contributed by atoms with E-state index < -0.39 is 0 Å². The molecule has 1 aliphatic carbocycles. The molecule has 8 heteroatoms. The first-order valence-corrected chi connectivity index (χ1v) is 9.96. The Morgan fingerprint density at radius 3 is 2.69 bits per heavy atom. The van der Waals surface area contributed by atoms with Crippen LogP contribution in [0.3, 0.4) is 0 Å². The molecule has 0 saturated heterocycles. The van der Waals surface area contributed by atoms with Gasteiger partial charge in [-0.3, -0.25) is 4.79 Å². The first-order chi connectivity index (χ1) is 12.7. The number of benzene rings is 1. The number of nitrogens with zero attached hydrogens (tertiary/aromatic N) is 4. The first kappa shape index (κ1) is 17.3. The van der Waals surface area contributed by atoms with E-state index in [4.69, 9.17) is 11.6 Å². The fraction of sp³-hybridized carbons (Fsp3) is 0.333.